The van der Waals surface area contributed by atoms with E-state index in [0.717, 1.165) is 37.2 Å². The summed E-state index contributed by atoms with van der Waals surface area (Å²) in [6.45, 7) is 12.2. The van der Waals surface area contributed by atoms with Crippen molar-refractivity contribution in [2.45, 2.75) is 47.5 Å². The van der Waals surface area contributed by atoms with Gasteiger partial charge in [-0.3, -0.25) is 9.63 Å². The summed E-state index contributed by atoms with van der Waals surface area (Å²) < 4.78 is 0. The molecule has 9 heteroatoms. The van der Waals surface area contributed by atoms with Gasteiger partial charge in [-0.05, 0) is 36.5 Å². The van der Waals surface area contributed by atoms with E-state index in [1.165, 1.54) is 7.11 Å². The number of rotatable bonds is 10. The van der Waals surface area contributed by atoms with Crippen LogP contribution in [0, 0.1) is 12.3 Å². The molecule has 9 nitrogen and oxygen atoms in total. The van der Waals surface area contributed by atoms with Gasteiger partial charge in [-0.15, -0.1) is 0 Å². The second-order valence-corrected chi connectivity index (χ2v) is 8.77. The molecule has 0 atom stereocenters. The maximum atomic E-state index is 12.1. The summed E-state index contributed by atoms with van der Waals surface area (Å²) >= 11 is 0. The molecule has 0 radical (unpaired) electrons. The number of nitrogens with one attached hydrogen (secondary N) is 3. The SMILES string of the molecule is CCCCNc1nc(Nc2cc(C(=O)NOC)ccc2C)nc(N(C)CC(C)(C)C)n1. The van der Waals surface area contributed by atoms with E-state index in [0.29, 0.717) is 23.4 Å². The Morgan fingerprint density at radius 1 is 1.16 bits per heavy atom. The molecule has 1 aromatic carbocycles. The maximum Gasteiger partial charge on any atom is 0.274 e. The summed E-state index contributed by atoms with van der Waals surface area (Å²) in [6, 6.07) is 5.35. The van der Waals surface area contributed by atoms with Crippen LogP contribution < -0.4 is 21.0 Å². The van der Waals surface area contributed by atoms with Crippen LogP contribution in [0.25, 0.3) is 0 Å². The van der Waals surface area contributed by atoms with E-state index < -0.39 is 0 Å². The van der Waals surface area contributed by atoms with Crippen LogP contribution in [0.1, 0.15) is 56.5 Å². The predicted octanol–water partition coefficient (Wildman–Crippen LogP) is 3.91. The molecule has 0 aliphatic rings. The number of aryl methyl sites for hydroxylation is 1. The Morgan fingerprint density at radius 3 is 2.52 bits per heavy atom. The maximum absolute atomic E-state index is 12.1. The van der Waals surface area contributed by atoms with Gasteiger partial charge >= 0.3 is 0 Å². The zero-order valence-electron chi connectivity index (χ0n) is 19.7. The third kappa shape index (κ3) is 7.67. The van der Waals surface area contributed by atoms with Crippen LogP contribution in [0.3, 0.4) is 0 Å². The van der Waals surface area contributed by atoms with E-state index in [4.69, 9.17) is 4.84 Å². The molecule has 1 heterocycles. The Labute approximate surface area is 185 Å². The van der Waals surface area contributed by atoms with Crippen LogP contribution in [0.15, 0.2) is 18.2 Å². The van der Waals surface area contributed by atoms with E-state index in [-0.39, 0.29) is 11.3 Å². The first-order chi connectivity index (χ1) is 14.6. The highest BCUT2D eigenvalue weighted by atomic mass is 16.6. The third-order valence-corrected chi connectivity index (χ3v) is 4.43. The molecule has 0 spiro atoms. The van der Waals surface area contributed by atoms with Crippen molar-refractivity contribution in [2.24, 2.45) is 5.41 Å². The molecule has 1 aromatic heterocycles. The van der Waals surface area contributed by atoms with E-state index in [9.17, 15) is 4.79 Å². The molecular weight excluding hydrogens is 394 g/mol. The fourth-order valence-corrected chi connectivity index (χ4v) is 3.00. The molecule has 0 fully saturated rings. The minimum absolute atomic E-state index is 0.0877. The highest BCUT2D eigenvalue weighted by Gasteiger charge is 2.18. The van der Waals surface area contributed by atoms with Gasteiger partial charge in [-0.25, -0.2) is 5.48 Å². The Bertz CT molecular complexity index is 881. The Hall–Kier alpha value is -2.94. The number of anilines is 4. The summed E-state index contributed by atoms with van der Waals surface area (Å²) in [5.41, 5.74) is 4.58. The first kappa shape index (κ1) is 24.3. The Morgan fingerprint density at radius 2 is 1.87 bits per heavy atom. The average Bonchev–Trinajstić information content (AvgIpc) is 2.68. The zero-order chi connectivity index (χ0) is 23.0. The lowest BCUT2D eigenvalue weighted by Gasteiger charge is -2.27. The third-order valence-electron chi connectivity index (χ3n) is 4.43. The van der Waals surface area contributed by atoms with Crippen molar-refractivity contribution >= 4 is 29.4 Å². The molecule has 2 aromatic rings. The molecule has 2 rings (SSSR count). The number of amides is 1. The predicted molar refractivity (Wildman–Crippen MR) is 125 cm³/mol. The fourth-order valence-electron chi connectivity index (χ4n) is 3.00. The number of hydrogen-bond donors (Lipinski definition) is 3. The van der Waals surface area contributed by atoms with Gasteiger partial charge in [0.2, 0.25) is 17.8 Å². The molecule has 0 saturated heterocycles. The van der Waals surface area contributed by atoms with Gasteiger partial charge in [0.25, 0.3) is 5.91 Å². The zero-order valence-corrected chi connectivity index (χ0v) is 19.7. The first-order valence-electron chi connectivity index (χ1n) is 10.5. The highest BCUT2D eigenvalue weighted by molar-refractivity contribution is 5.94. The molecule has 0 bridgehead atoms. The van der Waals surface area contributed by atoms with Crippen molar-refractivity contribution in [2.75, 3.05) is 42.8 Å². The summed E-state index contributed by atoms with van der Waals surface area (Å²) in [5.74, 6) is 1.19. The number of carbonyl (C=O) groups excluding carboxylic acids is 1. The molecular formula is C22H35N7O2. The second kappa shape index (κ2) is 10.9. The second-order valence-electron chi connectivity index (χ2n) is 8.77. The van der Waals surface area contributed by atoms with Gasteiger partial charge in [-0.1, -0.05) is 40.2 Å². The normalized spacial score (nSPS) is 11.2. The van der Waals surface area contributed by atoms with Crippen molar-refractivity contribution in [3.05, 3.63) is 29.3 Å². The van der Waals surface area contributed by atoms with Crippen LogP contribution in [0.2, 0.25) is 0 Å². The Kier molecular flexibility index (Phi) is 8.56. The van der Waals surface area contributed by atoms with Crippen LogP contribution >= 0.6 is 0 Å². The van der Waals surface area contributed by atoms with Crippen LogP contribution in [-0.2, 0) is 4.84 Å². The largest absolute Gasteiger partial charge is 0.354 e. The fraction of sp³-hybridized carbons (Fsp3) is 0.545. The van der Waals surface area contributed by atoms with E-state index >= 15 is 0 Å². The van der Waals surface area contributed by atoms with E-state index in [1.54, 1.807) is 12.1 Å². The number of hydrogen-bond acceptors (Lipinski definition) is 8. The van der Waals surface area contributed by atoms with Crippen LogP contribution in [-0.4, -0.2) is 48.1 Å². The van der Waals surface area contributed by atoms with Crippen molar-refractivity contribution in [3.63, 3.8) is 0 Å². The van der Waals surface area contributed by atoms with Crippen molar-refractivity contribution in [3.8, 4) is 0 Å². The van der Waals surface area contributed by atoms with Gasteiger partial charge in [0.05, 0.1) is 7.11 Å². The van der Waals surface area contributed by atoms with Gasteiger partial charge in [0.15, 0.2) is 0 Å². The quantitative estimate of drug-likeness (QED) is 0.386. The van der Waals surface area contributed by atoms with Crippen LogP contribution in [0.4, 0.5) is 23.5 Å². The molecule has 0 aliphatic carbocycles. The van der Waals surface area contributed by atoms with Crippen LogP contribution in [0.5, 0.6) is 0 Å². The molecule has 1 amide bonds. The molecule has 0 unspecified atom stereocenters. The number of benzene rings is 1. The molecule has 170 valence electrons. The number of aromatic nitrogens is 3. The lowest BCUT2D eigenvalue weighted by molar-refractivity contribution is 0.0537. The van der Waals surface area contributed by atoms with Gasteiger partial charge in [-0.2, -0.15) is 15.0 Å². The summed E-state index contributed by atoms with van der Waals surface area (Å²) in [5, 5.41) is 6.53. The molecule has 3 N–H and O–H groups in total. The van der Waals surface area contributed by atoms with Gasteiger partial charge < -0.3 is 15.5 Å². The average molecular weight is 430 g/mol. The molecule has 0 saturated carbocycles. The summed E-state index contributed by atoms with van der Waals surface area (Å²) in [7, 11) is 3.37. The number of carbonyl (C=O) groups is 1. The van der Waals surface area contributed by atoms with Crippen molar-refractivity contribution < 1.29 is 9.63 Å². The molecule has 31 heavy (non-hydrogen) atoms. The number of unbranched alkanes of at least 4 members (excludes halogenated alkanes) is 1. The minimum Gasteiger partial charge on any atom is -0.354 e. The summed E-state index contributed by atoms with van der Waals surface area (Å²) in [4.78, 5) is 32.6. The smallest absolute Gasteiger partial charge is 0.274 e. The first-order valence-corrected chi connectivity index (χ1v) is 10.5. The lowest BCUT2D eigenvalue weighted by Crippen LogP contribution is -2.31. The van der Waals surface area contributed by atoms with E-state index in [1.807, 2.05) is 24.9 Å². The van der Waals surface area contributed by atoms with Gasteiger partial charge in [0, 0.05) is 31.4 Å². The van der Waals surface area contributed by atoms with E-state index in [2.05, 4.69) is 58.8 Å². The standard InChI is InChI=1S/C22H35N7O2/c1-8-9-12-23-19-25-20(27-21(26-19)29(6)14-22(3,4)5)24-17-13-16(11-10-15(17)2)18(30)28-31-7/h10-11,13H,8-9,12,14H2,1-7H3,(H,28,30)(H2,23,24,25,26,27). The lowest BCUT2D eigenvalue weighted by atomic mass is 9.96. The van der Waals surface area contributed by atoms with Gasteiger partial charge in [0.1, 0.15) is 0 Å². The minimum atomic E-state index is -0.325. The highest BCUT2D eigenvalue weighted by Crippen LogP contribution is 2.23. The Balaban J connectivity index is 2.35. The monoisotopic (exact) mass is 429 g/mol. The molecule has 0 aliphatic heterocycles. The summed E-state index contributed by atoms with van der Waals surface area (Å²) in [6.07, 6.45) is 2.10. The number of hydroxylamine groups is 1. The topological polar surface area (TPSA) is 104 Å². The van der Waals surface area contributed by atoms with Crippen molar-refractivity contribution in [1.29, 1.82) is 0 Å². The number of nitrogens with zero attached hydrogens (tertiary/aromatic N) is 4. The van der Waals surface area contributed by atoms with Crippen molar-refractivity contribution in [1.82, 2.24) is 20.4 Å².